The van der Waals surface area contributed by atoms with Crippen molar-refractivity contribution in [1.82, 2.24) is 0 Å². The molecule has 0 aromatic rings. The lowest BCUT2D eigenvalue weighted by Crippen LogP contribution is -2.51. The fourth-order valence-electron chi connectivity index (χ4n) is 3.95. The van der Waals surface area contributed by atoms with E-state index in [1.54, 1.807) is 6.08 Å². The zero-order valence-corrected chi connectivity index (χ0v) is 19.9. The molecular weight excluding hydrogens is 380 g/mol. The predicted molar refractivity (Wildman–Crippen MR) is 120 cm³/mol. The highest BCUT2D eigenvalue weighted by Crippen LogP contribution is 2.43. The maximum Gasteiger partial charge on any atom is 0.190 e. The van der Waals surface area contributed by atoms with E-state index in [-0.39, 0.29) is 23.7 Å². The second kappa shape index (κ2) is 8.87. The smallest absolute Gasteiger partial charge is 0.190 e. The van der Waals surface area contributed by atoms with Crippen molar-refractivity contribution in [2.45, 2.75) is 84.4 Å². The Morgan fingerprint density at radius 1 is 0.800 bits per heavy atom. The first kappa shape index (κ1) is 25.3. The molecule has 5 nitrogen and oxygen atoms in total. The van der Waals surface area contributed by atoms with E-state index >= 15 is 0 Å². The van der Waals surface area contributed by atoms with Gasteiger partial charge in [0.05, 0.1) is 32.0 Å². The van der Waals surface area contributed by atoms with Crippen molar-refractivity contribution in [3.05, 3.63) is 37.0 Å². The largest absolute Gasteiger partial charge is 0.385 e. The molecule has 2 aliphatic heterocycles. The van der Waals surface area contributed by atoms with Gasteiger partial charge in [-0.15, -0.1) is 6.58 Å². The Balaban J connectivity index is 2.12. The summed E-state index contributed by atoms with van der Waals surface area (Å²) in [5.41, 5.74) is 0.0659. The second-order valence-corrected chi connectivity index (χ2v) is 10.6. The molecule has 0 amide bonds. The SMILES string of the molecule is C=CC(O)(CC(=C)C1(CC)OCC(C)(C)CO1)CC(=C)C1(CC)OCC(C)(C)CO1. The summed E-state index contributed by atoms with van der Waals surface area (Å²) < 4.78 is 24.5. The first-order valence-corrected chi connectivity index (χ1v) is 11.0. The third-order valence-electron chi connectivity index (χ3n) is 6.21. The van der Waals surface area contributed by atoms with Crippen molar-refractivity contribution in [3.8, 4) is 0 Å². The van der Waals surface area contributed by atoms with Gasteiger partial charge >= 0.3 is 0 Å². The number of rotatable bonds is 9. The molecule has 0 bridgehead atoms. The molecule has 0 aromatic heterocycles. The molecule has 0 unspecified atom stereocenters. The van der Waals surface area contributed by atoms with E-state index < -0.39 is 17.2 Å². The van der Waals surface area contributed by atoms with Crippen LogP contribution < -0.4 is 0 Å². The number of aliphatic hydroxyl groups is 1. The Morgan fingerprint density at radius 2 is 1.10 bits per heavy atom. The second-order valence-electron chi connectivity index (χ2n) is 10.6. The zero-order valence-electron chi connectivity index (χ0n) is 19.9. The van der Waals surface area contributed by atoms with Crippen molar-refractivity contribution in [3.63, 3.8) is 0 Å². The summed E-state index contributed by atoms with van der Waals surface area (Å²) in [5, 5.41) is 11.4. The lowest BCUT2D eigenvalue weighted by molar-refractivity contribution is -0.283. The first-order chi connectivity index (χ1) is 13.8. The van der Waals surface area contributed by atoms with Crippen molar-refractivity contribution in [2.24, 2.45) is 10.8 Å². The van der Waals surface area contributed by atoms with Crippen molar-refractivity contribution >= 4 is 0 Å². The zero-order chi connectivity index (χ0) is 22.8. The van der Waals surface area contributed by atoms with Gasteiger partial charge in [0.25, 0.3) is 0 Å². The molecule has 30 heavy (non-hydrogen) atoms. The van der Waals surface area contributed by atoms with Gasteiger partial charge in [-0.1, -0.05) is 60.8 Å². The van der Waals surface area contributed by atoms with Gasteiger partial charge in [-0.05, 0) is 11.1 Å². The van der Waals surface area contributed by atoms with Crippen LogP contribution >= 0.6 is 0 Å². The van der Waals surface area contributed by atoms with E-state index in [4.69, 9.17) is 18.9 Å². The molecule has 2 saturated heterocycles. The van der Waals surface area contributed by atoms with Gasteiger partial charge in [-0.2, -0.15) is 0 Å². The lowest BCUT2D eigenvalue weighted by Gasteiger charge is -2.47. The normalized spacial score (nSPS) is 24.8. The minimum absolute atomic E-state index is 0.0427. The van der Waals surface area contributed by atoms with E-state index in [0.717, 1.165) is 0 Å². The molecule has 2 fully saturated rings. The van der Waals surface area contributed by atoms with Crippen LogP contribution in [0.25, 0.3) is 0 Å². The topological polar surface area (TPSA) is 57.2 Å². The Labute approximate surface area is 183 Å². The highest BCUT2D eigenvalue weighted by molar-refractivity contribution is 5.22. The molecular formula is C25H42O5. The monoisotopic (exact) mass is 422 g/mol. The van der Waals surface area contributed by atoms with Crippen LogP contribution in [-0.4, -0.2) is 48.7 Å². The van der Waals surface area contributed by atoms with Crippen molar-refractivity contribution in [1.29, 1.82) is 0 Å². The van der Waals surface area contributed by atoms with Crippen LogP contribution in [0.4, 0.5) is 0 Å². The van der Waals surface area contributed by atoms with Crippen molar-refractivity contribution < 1.29 is 24.1 Å². The van der Waals surface area contributed by atoms with Crippen LogP contribution in [0.5, 0.6) is 0 Å². The molecule has 0 aliphatic carbocycles. The predicted octanol–water partition coefficient (Wildman–Crippen LogP) is 5.15. The van der Waals surface area contributed by atoms with Gasteiger partial charge in [0, 0.05) is 36.5 Å². The lowest BCUT2D eigenvalue weighted by atomic mass is 9.82. The molecule has 0 aromatic carbocycles. The minimum atomic E-state index is -1.25. The standard InChI is InChI=1S/C25H42O5/c1-10-23(26,13-19(4)24(11-2)27-15-21(6,7)16-28-24)14-20(5)25(12-3)29-17-22(8,9)18-30-25/h10,26H,1,4-5,11-18H2,2-3,6-9H3. The molecule has 1 N–H and O–H groups in total. The van der Waals surface area contributed by atoms with Gasteiger partial charge in [0.15, 0.2) is 11.6 Å². The summed E-state index contributed by atoms with van der Waals surface area (Å²) in [5.74, 6) is -1.78. The molecule has 5 heteroatoms. The number of hydrogen-bond acceptors (Lipinski definition) is 5. The molecule has 0 atom stereocenters. The van der Waals surface area contributed by atoms with E-state index in [9.17, 15) is 5.11 Å². The molecule has 0 radical (unpaired) electrons. The average Bonchev–Trinajstić information content (AvgIpc) is 2.68. The van der Waals surface area contributed by atoms with Gasteiger partial charge in [0.2, 0.25) is 0 Å². The fourth-order valence-corrected chi connectivity index (χ4v) is 3.95. The molecule has 2 aliphatic rings. The summed E-state index contributed by atoms with van der Waals surface area (Å²) in [6, 6.07) is 0. The van der Waals surface area contributed by atoms with Crippen LogP contribution in [0.2, 0.25) is 0 Å². The van der Waals surface area contributed by atoms with E-state index in [2.05, 4.69) is 47.4 Å². The molecule has 2 rings (SSSR count). The van der Waals surface area contributed by atoms with Crippen LogP contribution in [-0.2, 0) is 18.9 Å². The molecule has 2 heterocycles. The quantitative estimate of drug-likeness (QED) is 0.521. The van der Waals surface area contributed by atoms with E-state index in [1.165, 1.54) is 0 Å². The van der Waals surface area contributed by atoms with Crippen LogP contribution in [0.3, 0.4) is 0 Å². The summed E-state index contributed by atoms with van der Waals surface area (Å²) in [4.78, 5) is 0. The Hall–Kier alpha value is -0.980. The summed E-state index contributed by atoms with van der Waals surface area (Å²) in [6.07, 6.45) is 3.31. The summed E-state index contributed by atoms with van der Waals surface area (Å²) >= 11 is 0. The Kier molecular flexibility index (Phi) is 7.48. The fraction of sp³-hybridized carbons (Fsp3) is 0.760. The van der Waals surface area contributed by atoms with Crippen LogP contribution in [0.1, 0.15) is 67.2 Å². The molecule has 172 valence electrons. The summed E-state index contributed by atoms with van der Waals surface area (Å²) in [7, 11) is 0. The van der Waals surface area contributed by atoms with Crippen LogP contribution in [0, 0.1) is 10.8 Å². The maximum atomic E-state index is 11.4. The highest BCUT2D eigenvalue weighted by atomic mass is 16.7. The van der Waals surface area contributed by atoms with E-state index in [1.807, 2.05) is 13.8 Å². The van der Waals surface area contributed by atoms with Crippen LogP contribution in [0.15, 0.2) is 37.0 Å². The highest BCUT2D eigenvalue weighted by Gasteiger charge is 2.46. The molecule has 0 saturated carbocycles. The van der Waals surface area contributed by atoms with E-state index in [0.29, 0.717) is 50.4 Å². The Morgan fingerprint density at radius 3 is 1.33 bits per heavy atom. The minimum Gasteiger partial charge on any atom is -0.385 e. The molecule has 0 spiro atoms. The van der Waals surface area contributed by atoms with Gasteiger partial charge in [-0.3, -0.25) is 0 Å². The van der Waals surface area contributed by atoms with Crippen molar-refractivity contribution in [2.75, 3.05) is 26.4 Å². The third kappa shape index (κ3) is 5.43. The van der Waals surface area contributed by atoms with Gasteiger partial charge in [-0.25, -0.2) is 0 Å². The number of ether oxygens (including phenoxy) is 4. The van der Waals surface area contributed by atoms with Gasteiger partial charge < -0.3 is 24.1 Å². The Bertz CT molecular complexity index is 590. The average molecular weight is 423 g/mol. The third-order valence-corrected chi connectivity index (χ3v) is 6.21. The van der Waals surface area contributed by atoms with Gasteiger partial charge in [0.1, 0.15) is 0 Å². The summed E-state index contributed by atoms with van der Waals surface area (Å²) in [6.45, 7) is 27.1. The first-order valence-electron chi connectivity index (χ1n) is 11.0. The maximum absolute atomic E-state index is 11.4. The number of hydrogen-bond donors (Lipinski definition) is 1.